The lowest BCUT2D eigenvalue weighted by molar-refractivity contribution is -0.173. The molecule has 0 heterocycles. The van der Waals surface area contributed by atoms with E-state index in [1.807, 2.05) is 0 Å². The van der Waals surface area contributed by atoms with Crippen LogP contribution < -0.4 is 5.73 Å². The van der Waals surface area contributed by atoms with E-state index < -0.39 is 11.6 Å². The van der Waals surface area contributed by atoms with Crippen LogP contribution in [0.5, 0.6) is 0 Å². The summed E-state index contributed by atoms with van der Waals surface area (Å²) in [5, 5.41) is 8.30. The molecule has 0 aromatic heterocycles. The highest BCUT2D eigenvalue weighted by molar-refractivity contribution is 7.99. The Balaban J connectivity index is 3.52. The first kappa shape index (κ1) is 10.1. The molecule has 0 aliphatic rings. The molecule has 2 nitrogen and oxygen atoms in total. The zero-order valence-electron chi connectivity index (χ0n) is 5.06. The van der Waals surface area contributed by atoms with E-state index in [0.717, 1.165) is 0 Å². The average molecular weight is 175 g/mol. The van der Waals surface area contributed by atoms with Gasteiger partial charge in [-0.25, -0.2) is 0 Å². The fraction of sp³-hybridized carbons (Fsp3) is 1.00. The van der Waals surface area contributed by atoms with Crippen LogP contribution in [-0.2, 0) is 0 Å². The standard InChI is InChI=1S/C4H8F3NOS/c5-4(6,7)3(9)10-2-1-8/h3,9H,1-2,8H2. The maximum absolute atomic E-state index is 11.5. The highest BCUT2D eigenvalue weighted by atomic mass is 32.2. The first-order chi connectivity index (χ1) is 4.48. The van der Waals surface area contributed by atoms with Gasteiger partial charge in [0.1, 0.15) is 0 Å². The number of thioether (sulfide) groups is 1. The average Bonchev–Trinajstić information content (AvgIpc) is 1.80. The molecule has 0 aromatic rings. The Morgan fingerprint density at radius 1 is 1.50 bits per heavy atom. The SMILES string of the molecule is NCCSC(O)C(F)(F)F. The number of halogens is 3. The van der Waals surface area contributed by atoms with E-state index in [-0.39, 0.29) is 12.3 Å². The van der Waals surface area contributed by atoms with Crippen LogP contribution >= 0.6 is 11.8 Å². The Kier molecular flexibility index (Phi) is 4.07. The van der Waals surface area contributed by atoms with Crippen LogP contribution in [-0.4, -0.2) is 29.0 Å². The van der Waals surface area contributed by atoms with Gasteiger partial charge in [0, 0.05) is 12.3 Å². The highest BCUT2D eigenvalue weighted by Gasteiger charge is 2.38. The molecule has 3 N–H and O–H groups in total. The van der Waals surface area contributed by atoms with Crippen molar-refractivity contribution in [1.29, 1.82) is 0 Å². The Labute approximate surface area is 60.6 Å². The predicted octanol–water partition coefficient (Wildman–Crippen LogP) is 0.559. The van der Waals surface area contributed by atoms with E-state index in [1.165, 1.54) is 0 Å². The number of rotatable bonds is 3. The smallest absolute Gasteiger partial charge is 0.374 e. The van der Waals surface area contributed by atoms with Gasteiger partial charge in [-0.05, 0) is 0 Å². The third-order valence-corrected chi connectivity index (χ3v) is 1.73. The summed E-state index contributed by atoms with van der Waals surface area (Å²) in [6.07, 6.45) is -4.53. The molecule has 0 fully saturated rings. The third-order valence-electron chi connectivity index (χ3n) is 0.674. The van der Waals surface area contributed by atoms with Crippen LogP contribution in [0.15, 0.2) is 0 Å². The molecule has 10 heavy (non-hydrogen) atoms. The van der Waals surface area contributed by atoms with Crippen molar-refractivity contribution in [2.45, 2.75) is 11.6 Å². The first-order valence-electron chi connectivity index (χ1n) is 2.55. The van der Waals surface area contributed by atoms with Crippen LogP contribution in [0.3, 0.4) is 0 Å². The number of hydrogen-bond acceptors (Lipinski definition) is 3. The number of hydrogen-bond donors (Lipinski definition) is 2. The molecule has 0 rings (SSSR count). The van der Waals surface area contributed by atoms with Crippen LogP contribution in [0.4, 0.5) is 13.2 Å². The van der Waals surface area contributed by atoms with Crippen LogP contribution in [0.2, 0.25) is 0 Å². The van der Waals surface area contributed by atoms with Crippen molar-refractivity contribution in [3.8, 4) is 0 Å². The molecule has 0 spiro atoms. The molecule has 0 aliphatic carbocycles. The van der Waals surface area contributed by atoms with Crippen molar-refractivity contribution < 1.29 is 18.3 Å². The van der Waals surface area contributed by atoms with Gasteiger partial charge in [-0.1, -0.05) is 0 Å². The Hall–Kier alpha value is 0.0600. The second kappa shape index (κ2) is 4.05. The molecule has 0 amide bonds. The molecule has 62 valence electrons. The van der Waals surface area contributed by atoms with Gasteiger partial charge in [-0.15, -0.1) is 11.8 Å². The predicted molar refractivity (Wildman–Crippen MR) is 33.6 cm³/mol. The van der Waals surface area contributed by atoms with Gasteiger partial charge in [0.2, 0.25) is 0 Å². The van der Waals surface area contributed by atoms with Gasteiger partial charge in [-0.2, -0.15) is 13.2 Å². The van der Waals surface area contributed by atoms with E-state index in [1.54, 1.807) is 0 Å². The number of nitrogens with two attached hydrogens (primary N) is 1. The van der Waals surface area contributed by atoms with Crippen molar-refractivity contribution in [3.63, 3.8) is 0 Å². The fourth-order valence-electron chi connectivity index (χ4n) is 0.274. The maximum Gasteiger partial charge on any atom is 0.423 e. The van der Waals surface area contributed by atoms with Gasteiger partial charge < -0.3 is 10.8 Å². The second-order valence-electron chi connectivity index (χ2n) is 1.55. The molecule has 0 aromatic carbocycles. The lowest BCUT2D eigenvalue weighted by atomic mass is 10.7. The van der Waals surface area contributed by atoms with Crippen molar-refractivity contribution in [2.24, 2.45) is 5.73 Å². The van der Waals surface area contributed by atoms with Crippen LogP contribution in [0.25, 0.3) is 0 Å². The van der Waals surface area contributed by atoms with E-state index in [2.05, 4.69) is 0 Å². The zero-order chi connectivity index (χ0) is 8.20. The van der Waals surface area contributed by atoms with Crippen molar-refractivity contribution in [1.82, 2.24) is 0 Å². The molecule has 1 unspecified atom stereocenters. The zero-order valence-corrected chi connectivity index (χ0v) is 5.87. The minimum absolute atomic E-state index is 0.112. The van der Waals surface area contributed by atoms with Gasteiger partial charge in [-0.3, -0.25) is 0 Å². The highest BCUT2D eigenvalue weighted by Crippen LogP contribution is 2.27. The minimum Gasteiger partial charge on any atom is -0.374 e. The monoisotopic (exact) mass is 175 g/mol. The summed E-state index contributed by atoms with van der Waals surface area (Å²) in [7, 11) is 0. The summed E-state index contributed by atoms with van der Waals surface area (Å²) in [4.78, 5) is 0. The normalized spacial score (nSPS) is 15.3. The van der Waals surface area contributed by atoms with Gasteiger partial charge in [0.15, 0.2) is 5.44 Å². The molecule has 0 saturated carbocycles. The number of aliphatic hydroxyl groups is 1. The fourth-order valence-corrected chi connectivity index (χ4v) is 0.822. The lowest BCUT2D eigenvalue weighted by Crippen LogP contribution is -2.26. The van der Waals surface area contributed by atoms with Crippen molar-refractivity contribution in [3.05, 3.63) is 0 Å². The largest absolute Gasteiger partial charge is 0.423 e. The molecule has 0 aliphatic heterocycles. The van der Waals surface area contributed by atoms with Crippen LogP contribution in [0, 0.1) is 0 Å². The summed E-state index contributed by atoms with van der Waals surface area (Å²) in [5.74, 6) is 0.112. The molecular formula is C4H8F3NOS. The molecule has 6 heteroatoms. The summed E-state index contributed by atoms with van der Waals surface area (Å²) >= 11 is 0.389. The van der Waals surface area contributed by atoms with Gasteiger partial charge >= 0.3 is 6.18 Å². The Morgan fingerprint density at radius 3 is 2.30 bits per heavy atom. The lowest BCUT2D eigenvalue weighted by Gasteiger charge is -2.12. The summed E-state index contributed by atoms with van der Waals surface area (Å²) in [6, 6.07) is 0. The van der Waals surface area contributed by atoms with Crippen LogP contribution in [0.1, 0.15) is 0 Å². The quantitative estimate of drug-likeness (QED) is 0.616. The van der Waals surface area contributed by atoms with Gasteiger partial charge in [0.25, 0.3) is 0 Å². The van der Waals surface area contributed by atoms with Crippen molar-refractivity contribution >= 4 is 11.8 Å². The second-order valence-corrected chi connectivity index (χ2v) is 2.74. The summed E-state index contributed by atoms with van der Waals surface area (Å²) in [5.41, 5.74) is 2.63. The molecule has 0 bridgehead atoms. The maximum atomic E-state index is 11.5. The number of alkyl halides is 3. The summed E-state index contributed by atoms with van der Waals surface area (Å²) in [6.45, 7) is 0.137. The van der Waals surface area contributed by atoms with E-state index in [0.29, 0.717) is 11.8 Å². The molecule has 0 radical (unpaired) electrons. The molecule has 1 atom stereocenters. The first-order valence-corrected chi connectivity index (χ1v) is 3.60. The molecule has 0 saturated heterocycles. The topological polar surface area (TPSA) is 46.2 Å². The minimum atomic E-state index is -4.53. The third kappa shape index (κ3) is 3.97. The number of aliphatic hydroxyl groups excluding tert-OH is 1. The Bertz CT molecular complexity index is 97.0. The van der Waals surface area contributed by atoms with E-state index >= 15 is 0 Å². The van der Waals surface area contributed by atoms with Crippen molar-refractivity contribution in [2.75, 3.05) is 12.3 Å². The van der Waals surface area contributed by atoms with E-state index in [9.17, 15) is 13.2 Å². The van der Waals surface area contributed by atoms with E-state index in [4.69, 9.17) is 10.8 Å². The van der Waals surface area contributed by atoms with Gasteiger partial charge in [0.05, 0.1) is 0 Å². The molecular weight excluding hydrogens is 167 g/mol. The summed E-state index contributed by atoms with van der Waals surface area (Å²) < 4.78 is 34.4. The Morgan fingerprint density at radius 2 is 2.00 bits per heavy atom.